The van der Waals surface area contributed by atoms with E-state index in [4.69, 9.17) is 5.73 Å². The summed E-state index contributed by atoms with van der Waals surface area (Å²) in [6, 6.07) is 3.70. The van der Waals surface area contributed by atoms with Crippen LogP contribution < -0.4 is 10.5 Å². The van der Waals surface area contributed by atoms with Crippen molar-refractivity contribution in [2.45, 2.75) is 18.4 Å². The molecular formula is C12H13FN4O2S. The predicted molar refractivity (Wildman–Crippen MR) is 71.6 cm³/mol. The quantitative estimate of drug-likeness (QED) is 0.820. The molecule has 0 aliphatic carbocycles. The maximum absolute atomic E-state index is 13.6. The molecule has 0 saturated heterocycles. The Labute approximate surface area is 115 Å². The maximum Gasteiger partial charge on any atom is 0.245 e. The topological polar surface area (TPSA) is 98.0 Å². The fourth-order valence-corrected chi connectivity index (χ4v) is 2.75. The van der Waals surface area contributed by atoms with E-state index in [1.807, 2.05) is 0 Å². The van der Waals surface area contributed by atoms with E-state index in [9.17, 15) is 12.8 Å². The van der Waals surface area contributed by atoms with Crippen molar-refractivity contribution in [1.29, 1.82) is 0 Å². The largest absolute Gasteiger partial charge is 0.398 e. The number of nitrogens with two attached hydrogens (primary N) is 1. The Morgan fingerprint density at radius 3 is 2.65 bits per heavy atom. The zero-order valence-electron chi connectivity index (χ0n) is 10.7. The molecule has 6 nitrogen and oxygen atoms in total. The van der Waals surface area contributed by atoms with Crippen molar-refractivity contribution >= 4 is 15.7 Å². The number of nitrogens with one attached hydrogen (secondary N) is 1. The minimum Gasteiger partial charge on any atom is -0.398 e. The van der Waals surface area contributed by atoms with Crippen LogP contribution in [0.25, 0.3) is 0 Å². The molecule has 20 heavy (non-hydrogen) atoms. The summed E-state index contributed by atoms with van der Waals surface area (Å²) < 4.78 is 39.9. The third-order valence-electron chi connectivity index (χ3n) is 2.54. The first-order valence-corrected chi connectivity index (χ1v) is 7.19. The van der Waals surface area contributed by atoms with Crippen LogP contribution >= 0.6 is 0 Å². The zero-order valence-corrected chi connectivity index (χ0v) is 11.5. The van der Waals surface area contributed by atoms with Crippen LogP contribution in [0.3, 0.4) is 0 Å². The molecule has 1 aromatic heterocycles. The molecule has 0 bridgehead atoms. The number of aryl methyl sites for hydroxylation is 1. The third-order valence-corrected chi connectivity index (χ3v) is 4.04. The summed E-state index contributed by atoms with van der Waals surface area (Å²) >= 11 is 0. The van der Waals surface area contributed by atoms with Gasteiger partial charge in [-0.3, -0.25) is 9.97 Å². The number of halogens is 1. The van der Waals surface area contributed by atoms with Crippen LogP contribution in [-0.2, 0) is 16.6 Å². The van der Waals surface area contributed by atoms with Gasteiger partial charge in [-0.25, -0.2) is 17.5 Å². The van der Waals surface area contributed by atoms with Gasteiger partial charge >= 0.3 is 0 Å². The Morgan fingerprint density at radius 1 is 1.30 bits per heavy atom. The molecule has 0 radical (unpaired) electrons. The van der Waals surface area contributed by atoms with E-state index >= 15 is 0 Å². The van der Waals surface area contributed by atoms with Crippen LogP contribution in [0.15, 0.2) is 35.5 Å². The van der Waals surface area contributed by atoms with E-state index in [0.717, 1.165) is 11.8 Å². The minimum absolute atomic E-state index is 0.0939. The summed E-state index contributed by atoms with van der Waals surface area (Å²) in [5.74, 6) is -0.896. The van der Waals surface area contributed by atoms with Crippen molar-refractivity contribution in [3.63, 3.8) is 0 Å². The second-order valence-corrected chi connectivity index (χ2v) is 5.84. The van der Waals surface area contributed by atoms with Gasteiger partial charge in [-0.2, -0.15) is 0 Å². The zero-order chi connectivity index (χ0) is 14.8. The normalized spacial score (nSPS) is 11.5. The van der Waals surface area contributed by atoms with Gasteiger partial charge in [0.05, 0.1) is 29.8 Å². The van der Waals surface area contributed by atoms with Crippen LogP contribution in [-0.4, -0.2) is 18.4 Å². The first-order valence-electron chi connectivity index (χ1n) is 5.71. The van der Waals surface area contributed by atoms with E-state index in [1.165, 1.54) is 24.5 Å². The molecule has 0 amide bonds. The lowest BCUT2D eigenvalue weighted by atomic mass is 10.3. The number of benzene rings is 1. The number of nitrogen functional groups attached to an aromatic ring is 1. The van der Waals surface area contributed by atoms with E-state index in [-0.39, 0.29) is 12.2 Å². The van der Waals surface area contributed by atoms with Crippen LogP contribution in [0.2, 0.25) is 0 Å². The summed E-state index contributed by atoms with van der Waals surface area (Å²) in [6.45, 7) is 1.67. The Morgan fingerprint density at radius 2 is 2.05 bits per heavy atom. The molecule has 3 N–H and O–H groups in total. The molecule has 0 spiro atoms. The van der Waals surface area contributed by atoms with Crippen molar-refractivity contribution in [3.05, 3.63) is 47.8 Å². The molecule has 0 aliphatic rings. The van der Waals surface area contributed by atoms with E-state index in [1.54, 1.807) is 6.92 Å². The molecule has 2 rings (SSSR count). The second-order valence-electron chi connectivity index (χ2n) is 4.13. The Hall–Kier alpha value is -2.06. The summed E-state index contributed by atoms with van der Waals surface area (Å²) in [6.07, 6.45) is 2.96. The van der Waals surface area contributed by atoms with Gasteiger partial charge in [0.1, 0.15) is 10.7 Å². The highest BCUT2D eigenvalue weighted by Crippen LogP contribution is 2.21. The SMILES string of the molecule is Cc1cnc(CNS(=O)(=O)c2c(N)cccc2F)cn1. The van der Waals surface area contributed by atoms with Crippen molar-refractivity contribution in [3.8, 4) is 0 Å². The molecular weight excluding hydrogens is 283 g/mol. The highest BCUT2D eigenvalue weighted by molar-refractivity contribution is 7.89. The standard InChI is InChI=1S/C12H13FN4O2S/c1-8-5-16-9(6-15-8)7-17-20(18,19)12-10(13)3-2-4-11(12)14/h2-6,17H,7,14H2,1H3. The fourth-order valence-electron chi connectivity index (χ4n) is 1.56. The Kier molecular flexibility index (Phi) is 3.96. The number of aromatic nitrogens is 2. The monoisotopic (exact) mass is 296 g/mol. The molecule has 0 saturated carbocycles. The van der Waals surface area contributed by atoms with Crippen molar-refractivity contribution in [2.75, 3.05) is 5.73 Å². The Bertz CT molecular complexity index is 696. The molecule has 2 aromatic rings. The van der Waals surface area contributed by atoms with Crippen LogP contribution in [0.5, 0.6) is 0 Å². The third kappa shape index (κ3) is 3.09. The van der Waals surface area contributed by atoms with Crippen molar-refractivity contribution in [2.24, 2.45) is 0 Å². The van der Waals surface area contributed by atoms with Gasteiger partial charge < -0.3 is 5.73 Å². The highest BCUT2D eigenvalue weighted by Gasteiger charge is 2.21. The number of hydrogen-bond acceptors (Lipinski definition) is 5. The lowest BCUT2D eigenvalue weighted by Crippen LogP contribution is -2.25. The van der Waals surface area contributed by atoms with Crippen LogP contribution in [0.4, 0.5) is 10.1 Å². The first-order chi connectivity index (χ1) is 9.40. The Balaban J connectivity index is 2.22. The summed E-state index contributed by atoms with van der Waals surface area (Å²) in [4.78, 5) is 7.44. The summed E-state index contributed by atoms with van der Waals surface area (Å²) in [5, 5.41) is 0. The summed E-state index contributed by atoms with van der Waals surface area (Å²) in [7, 11) is -4.05. The number of hydrogen-bond donors (Lipinski definition) is 2. The van der Waals surface area contributed by atoms with E-state index in [0.29, 0.717) is 5.69 Å². The first kappa shape index (κ1) is 14.4. The molecule has 0 aliphatic heterocycles. The highest BCUT2D eigenvalue weighted by atomic mass is 32.2. The number of anilines is 1. The van der Waals surface area contributed by atoms with Gasteiger partial charge in [0.25, 0.3) is 0 Å². The number of nitrogens with zero attached hydrogens (tertiary/aromatic N) is 2. The van der Waals surface area contributed by atoms with Gasteiger partial charge in [-0.05, 0) is 19.1 Å². The molecule has 8 heteroatoms. The van der Waals surface area contributed by atoms with Crippen molar-refractivity contribution in [1.82, 2.24) is 14.7 Å². The average molecular weight is 296 g/mol. The van der Waals surface area contributed by atoms with Crippen LogP contribution in [0, 0.1) is 12.7 Å². The molecule has 0 unspecified atom stereocenters. The van der Waals surface area contributed by atoms with Gasteiger partial charge in [-0.1, -0.05) is 6.07 Å². The lowest BCUT2D eigenvalue weighted by molar-refractivity contribution is 0.557. The van der Waals surface area contributed by atoms with Gasteiger partial charge in [0.15, 0.2) is 0 Å². The molecule has 1 heterocycles. The molecule has 0 atom stereocenters. The number of rotatable bonds is 4. The van der Waals surface area contributed by atoms with E-state index < -0.39 is 20.7 Å². The fraction of sp³-hybridized carbons (Fsp3) is 0.167. The molecule has 1 aromatic carbocycles. The smallest absolute Gasteiger partial charge is 0.245 e. The lowest BCUT2D eigenvalue weighted by Gasteiger charge is -2.09. The van der Waals surface area contributed by atoms with E-state index in [2.05, 4.69) is 14.7 Å². The second kappa shape index (κ2) is 5.51. The van der Waals surface area contributed by atoms with Gasteiger partial charge in [0.2, 0.25) is 10.0 Å². The minimum atomic E-state index is -4.05. The predicted octanol–water partition coefficient (Wildman–Crippen LogP) is 0.985. The van der Waals surface area contributed by atoms with Crippen molar-refractivity contribution < 1.29 is 12.8 Å². The van der Waals surface area contributed by atoms with Crippen LogP contribution in [0.1, 0.15) is 11.4 Å². The number of sulfonamides is 1. The molecule has 0 fully saturated rings. The molecule has 106 valence electrons. The maximum atomic E-state index is 13.6. The van der Waals surface area contributed by atoms with Gasteiger partial charge in [-0.15, -0.1) is 0 Å². The van der Waals surface area contributed by atoms with Gasteiger partial charge in [0, 0.05) is 6.20 Å². The summed E-state index contributed by atoms with van der Waals surface area (Å²) in [5.41, 5.74) is 6.51. The average Bonchev–Trinajstić information content (AvgIpc) is 2.37.